The van der Waals surface area contributed by atoms with Gasteiger partial charge in [-0.3, -0.25) is 0 Å². The van der Waals surface area contributed by atoms with Crippen molar-refractivity contribution in [2.45, 2.75) is 19.8 Å². The van der Waals surface area contributed by atoms with Crippen LogP contribution >= 0.6 is 0 Å². The molecule has 0 fully saturated rings. The fourth-order valence-corrected chi connectivity index (χ4v) is 2.72. The van der Waals surface area contributed by atoms with Gasteiger partial charge in [-0.15, -0.1) is 0 Å². The normalized spacial score (nSPS) is 9.59. The summed E-state index contributed by atoms with van der Waals surface area (Å²) in [6.07, 6.45) is 2.08. The van der Waals surface area contributed by atoms with Crippen molar-refractivity contribution in [1.29, 1.82) is 5.26 Å². The minimum Gasteiger partial charge on any atom is -0.205 e. The summed E-state index contributed by atoms with van der Waals surface area (Å²) in [7, 11) is 0. The zero-order chi connectivity index (χ0) is 20.6. The van der Waals surface area contributed by atoms with Crippen LogP contribution in [0.25, 0.3) is 0 Å². The number of nitrogens with zero attached hydrogens (tertiary/aromatic N) is 1. The lowest BCUT2D eigenvalue weighted by Gasteiger charge is -1.99. The summed E-state index contributed by atoms with van der Waals surface area (Å²) < 4.78 is 28.7. The molecular weight excluding hydrogens is 364 g/mol. The summed E-state index contributed by atoms with van der Waals surface area (Å²) in [5, 5.41) is 8.79. The number of aryl methyl sites for hydroxylation is 1. The van der Waals surface area contributed by atoms with E-state index in [9.17, 15) is 8.78 Å². The lowest BCUT2D eigenvalue weighted by atomic mass is 10.1. The first-order valence-electron chi connectivity index (χ1n) is 9.21. The van der Waals surface area contributed by atoms with Gasteiger partial charge in [0.25, 0.3) is 0 Å². The fraction of sp³-hybridized carbons (Fsp3) is 0.115. The van der Waals surface area contributed by atoms with Crippen molar-refractivity contribution in [2.24, 2.45) is 0 Å². The second-order valence-electron chi connectivity index (χ2n) is 6.45. The van der Waals surface area contributed by atoms with Gasteiger partial charge in [0.2, 0.25) is 0 Å². The molecular formula is C26H17F2N. The van der Waals surface area contributed by atoms with E-state index in [1.807, 2.05) is 30.3 Å². The number of halogens is 2. The SMILES string of the molecule is CCCc1ccc(C#Cc2cc(F)c(C#Cc3ccc(C#N)cc3)c(F)c2)cc1. The maximum absolute atomic E-state index is 14.3. The zero-order valence-electron chi connectivity index (χ0n) is 15.9. The first-order chi connectivity index (χ1) is 14.1. The van der Waals surface area contributed by atoms with Crippen molar-refractivity contribution in [3.63, 3.8) is 0 Å². The quantitative estimate of drug-likeness (QED) is 0.531. The maximum atomic E-state index is 14.3. The lowest BCUT2D eigenvalue weighted by Crippen LogP contribution is -1.92. The molecule has 29 heavy (non-hydrogen) atoms. The van der Waals surface area contributed by atoms with Gasteiger partial charge in [-0.1, -0.05) is 49.2 Å². The Morgan fingerprint density at radius 3 is 1.72 bits per heavy atom. The third kappa shape index (κ3) is 5.32. The Balaban J connectivity index is 1.81. The van der Waals surface area contributed by atoms with E-state index in [1.165, 1.54) is 17.7 Å². The maximum Gasteiger partial charge on any atom is 0.143 e. The average molecular weight is 381 g/mol. The minimum atomic E-state index is -0.756. The van der Waals surface area contributed by atoms with Crippen LogP contribution in [0.1, 0.15) is 46.7 Å². The van der Waals surface area contributed by atoms with E-state index in [0.29, 0.717) is 11.1 Å². The molecule has 0 heterocycles. The molecule has 0 N–H and O–H groups in total. The summed E-state index contributed by atoms with van der Waals surface area (Å²) in [6, 6.07) is 18.7. The molecule has 0 atom stereocenters. The van der Waals surface area contributed by atoms with Crippen molar-refractivity contribution >= 4 is 0 Å². The Morgan fingerprint density at radius 1 is 0.690 bits per heavy atom. The lowest BCUT2D eigenvalue weighted by molar-refractivity contribution is 0.577. The minimum absolute atomic E-state index is 0.251. The Bertz CT molecular complexity index is 1150. The van der Waals surface area contributed by atoms with Gasteiger partial charge in [-0.25, -0.2) is 8.78 Å². The molecule has 0 aliphatic heterocycles. The van der Waals surface area contributed by atoms with Gasteiger partial charge in [0, 0.05) is 16.7 Å². The van der Waals surface area contributed by atoms with E-state index >= 15 is 0 Å². The third-order valence-corrected chi connectivity index (χ3v) is 4.23. The molecule has 0 spiro atoms. The van der Waals surface area contributed by atoms with Crippen molar-refractivity contribution < 1.29 is 8.78 Å². The average Bonchev–Trinajstić information content (AvgIpc) is 2.73. The Kier molecular flexibility index (Phi) is 6.42. The molecule has 0 aliphatic rings. The zero-order valence-corrected chi connectivity index (χ0v) is 15.9. The van der Waals surface area contributed by atoms with Gasteiger partial charge in [0.1, 0.15) is 11.6 Å². The molecule has 3 heteroatoms. The van der Waals surface area contributed by atoms with Crippen LogP contribution in [0.4, 0.5) is 8.78 Å². The molecule has 0 unspecified atom stereocenters. The molecule has 140 valence electrons. The number of hydrogen-bond acceptors (Lipinski definition) is 1. The van der Waals surface area contributed by atoms with E-state index < -0.39 is 11.6 Å². The summed E-state index contributed by atoms with van der Waals surface area (Å²) in [6.45, 7) is 2.12. The van der Waals surface area contributed by atoms with Gasteiger partial charge in [-0.05, 0) is 60.5 Å². The predicted octanol–water partition coefficient (Wildman–Crippen LogP) is 5.59. The van der Waals surface area contributed by atoms with Crippen LogP contribution in [0.15, 0.2) is 60.7 Å². The fourth-order valence-electron chi connectivity index (χ4n) is 2.72. The molecule has 1 nitrogen and oxygen atoms in total. The van der Waals surface area contributed by atoms with Crippen LogP contribution in [-0.4, -0.2) is 0 Å². The Labute approximate surface area is 169 Å². The van der Waals surface area contributed by atoms with Gasteiger partial charge in [0.05, 0.1) is 17.2 Å². The molecule has 3 aromatic rings. The molecule has 3 rings (SSSR count). The van der Waals surface area contributed by atoms with Crippen LogP contribution < -0.4 is 0 Å². The standard InChI is InChI=1S/C26H17F2N/c1-2-3-19-4-6-20(7-5-19)10-13-23-16-25(27)24(26(28)17-23)15-14-21-8-11-22(18-29)12-9-21/h4-9,11-12,16-17H,2-3H2,1H3. The van der Waals surface area contributed by atoms with Crippen LogP contribution in [0, 0.1) is 46.6 Å². The molecule has 0 amide bonds. The molecule has 0 bridgehead atoms. The van der Waals surface area contributed by atoms with Gasteiger partial charge < -0.3 is 0 Å². The largest absolute Gasteiger partial charge is 0.205 e. The monoisotopic (exact) mass is 381 g/mol. The molecule has 0 radical (unpaired) electrons. The van der Waals surface area contributed by atoms with Crippen molar-refractivity contribution in [3.05, 3.63) is 106 Å². The Morgan fingerprint density at radius 2 is 1.17 bits per heavy atom. The highest BCUT2D eigenvalue weighted by Gasteiger charge is 2.08. The summed E-state index contributed by atoms with van der Waals surface area (Å²) in [4.78, 5) is 0. The second-order valence-corrected chi connectivity index (χ2v) is 6.45. The summed E-state index contributed by atoms with van der Waals surface area (Å²) in [5.41, 5.74) is 3.04. The highest BCUT2D eigenvalue weighted by molar-refractivity contribution is 5.50. The number of nitriles is 1. The van der Waals surface area contributed by atoms with E-state index in [2.05, 4.69) is 30.6 Å². The van der Waals surface area contributed by atoms with Crippen molar-refractivity contribution in [1.82, 2.24) is 0 Å². The summed E-state index contributed by atoms with van der Waals surface area (Å²) in [5.74, 6) is 9.45. The topological polar surface area (TPSA) is 23.8 Å². The van der Waals surface area contributed by atoms with Gasteiger partial charge >= 0.3 is 0 Å². The predicted molar refractivity (Wildman–Crippen MR) is 110 cm³/mol. The van der Waals surface area contributed by atoms with Crippen molar-refractivity contribution in [3.8, 4) is 29.8 Å². The van der Waals surface area contributed by atoms with Gasteiger partial charge in [-0.2, -0.15) is 5.26 Å². The molecule has 0 aliphatic carbocycles. The molecule has 3 aromatic carbocycles. The van der Waals surface area contributed by atoms with Crippen LogP contribution in [0.5, 0.6) is 0 Å². The highest BCUT2D eigenvalue weighted by Crippen LogP contribution is 2.15. The van der Waals surface area contributed by atoms with Crippen LogP contribution in [-0.2, 0) is 6.42 Å². The smallest absolute Gasteiger partial charge is 0.143 e. The van der Waals surface area contributed by atoms with E-state index in [0.717, 1.165) is 18.4 Å². The summed E-state index contributed by atoms with van der Waals surface area (Å²) >= 11 is 0. The first kappa shape index (κ1) is 19.9. The first-order valence-corrected chi connectivity index (χ1v) is 9.21. The second kappa shape index (κ2) is 9.36. The number of benzene rings is 3. The molecule has 0 saturated carbocycles. The third-order valence-electron chi connectivity index (χ3n) is 4.23. The van der Waals surface area contributed by atoms with Crippen LogP contribution in [0.2, 0.25) is 0 Å². The van der Waals surface area contributed by atoms with Crippen molar-refractivity contribution in [2.75, 3.05) is 0 Å². The van der Waals surface area contributed by atoms with Crippen LogP contribution in [0.3, 0.4) is 0 Å². The number of hydrogen-bond donors (Lipinski definition) is 0. The van der Waals surface area contributed by atoms with Gasteiger partial charge in [0.15, 0.2) is 0 Å². The molecule has 0 saturated heterocycles. The van der Waals surface area contributed by atoms with E-state index in [1.54, 1.807) is 24.3 Å². The van der Waals surface area contributed by atoms with E-state index in [-0.39, 0.29) is 11.1 Å². The highest BCUT2D eigenvalue weighted by atomic mass is 19.1. The van der Waals surface area contributed by atoms with E-state index in [4.69, 9.17) is 5.26 Å². The Hall–Kier alpha value is -3.87. The molecule has 0 aromatic heterocycles. The number of rotatable bonds is 2.